The van der Waals surface area contributed by atoms with Gasteiger partial charge in [0.2, 0.25) is 0 Å². The monoisotopic (exact) mass is 403 g/mol. The largest absolute Gasteiger partial charge is 0.371 e. The molecule has 1 aromatic rings. The number of carbonyl (C=O) groups is 2. The van der Waals surface area contributed by atoms with E-state index >= 15 is 0 Å². The van der Waals surface area contributed by atoms with Crippen molar-refractivity contribution in [3.05, 3.63) is 39.9 Å². The molecule has 1 atom stereocenters. The normalized spacial score (nSPS) is 16.7. The molecule has 0 bridgehead atoms. The summed E-state index contributed by atoms with van der Waals surface area (Å²) in [5.74, 6) is -0.365. The van der Waals surface area contributed by atoms with Gasteiger partial charge in [-0.1, -0.05) is 31.0 Å². The van der Waals surface area contributed by atoms with E-state index in [1.807, 2.05) is 26.0 Å². The third-order valence-electron chi connectivity index (χ3n) is 4.94. The highest BCUT2D eigenvalue weighted by molar-refractivity contribution is 6.31. The molecule has 0 aliphatic carbocycles. The lowest BCUT2D eigenvalue weighted by Crippen LogP contribution is -2.35. The van der Waals surface area contributed by atoms with Gasteiger partial charge in [-0.3, -0.25) is 9.59 Å². The Hall–Kier alpha value is -2.14. The minimum absolute atomic E-state index is 0.213. The Morgan fingerprint density at radius 2 is 1.96 bits per heavy atom. The van der Waals surface area contributed by atoms with Crippen LogP contribution in [0.25, 0.3) is 0 Å². The molecule has 28 heavy (non-hydrogen) atoms. The van der Waals surface area contributed by atoms with Gasteiger partial charge in [0.25, 0.3) is 11.8 Å². The summed E-state index contributed by atoms with van der Waals surface area (Å²) in [4.78, 5) is 31.3. The molecule has 1 aliphatic rings. The molecule has 0 saturated heterocycles. The predicted octanol–water partition coefficient (Wildman–Crippen LogP) is 4.42. The average Bonchev–Trinajstić information content (AvgIpc) is 2.60. The number of benzene rings is 1. The first-order chi connectivity index (χ1) is 13.1. The number of rotatable bonds is 7. The van der Waals surface area contributed by atoms with Gasteiger partial charge in [0.05, 0.1) is 5.92 Å². The predicted molar refractivity (Wildman–Crippen MR) is 117 cm³/mol. The molecular weight excluding hydrogens is 374 g/mol. The third kappa shape index (κ3) is 5.22. The first-order valence-corrected chi connectivity index (χ1v) is 10.1. The van der Waals surface area contributed by atoms with Crippen LogP contribution in [0.1, 0.15) is 50.5 Å². The maximum atomic E-state index is 12.9. The van der Waals surface area contributed by atoms with Crippen molar-refractivity contribution in [3.8, 4) is 0 Å². The Kier molecular flexibility index (Phi) is 7.41. The van der Waals surface area contributed by atoms with Gasteiger partial charge in [-0.2, -0.15) is 0 Å². The van der Waals surface area contributed by atoms with Crippen LogP contribution in [0, 0.1) is 18.8 Å². The molecule has 6 heteroatoms. The zero-order chi connectivity index (χ0) is 21.0. The van der Waals surface area contributed by atoms with E-state index in [9.17, 15) is 9.59 Å². The van der Waals surface area contributed by atoms with Crippen LogP contribution >= 0.6 is 11.6 Å². The fourth-order valence-corrected chi connectivity index (χ4v) is 3.73. The van der Waals surface area contributed by atoms with Crippen LogP contribution in [0.15, 0.2) is 28.8 Å². The van der Waals surface area contributed by atoms with Crippen molar-refractivity contribution >= 4 is 34.8 Å². The second-order valence-electron chi connectivity index (χ2n) is 7.77. The number of hydrogen-bond donors (Lipinski definition) is 1. The minimum atomic E-state index is -0.417. The lowest BCUT2D eigenvalue weighted by Gasteiger charge is -2.28. The van der Waals surface area contributed by atoms with Crippen LogP contribution in [-0.4, -0.2) is 37.2 Å². The van der Waals surface area contributed by atoms with Crippen LogP contribution in [-0.2, 0) is 4.79 Å². The highest BCUT2D eigenvalue weighted by atomic mass is 35.5. The van der Waals surface area contributed by atoms with Gasteiger partial charge in [-0.15, -0.1) is 0 Å². The number of aliphatic imine (C=N–C) groups is 1. The molecule has 152 valence electrons. The quantitative estimate of drug-likeness (QED) is 0.732. The van der Waals surface area contributed by atoms with Crippen molar-refractivity contribution in [2.24, 2.45) is 16.8 Å². The molecule has 5 nitrogen and oxygen atoms in total. The Morgan fingerprint density at radius 3 is 2.54 bits per heavy atom. The number of halogens is 1. The fraction of sp³-hybridized carbons (Fsp3) is 0.500. The third-order valence-corrected chi connectivity index (χ3v) is 5.15. The lowest BCUT2D eigenvalue weighted by atomic mass is 9.95. The van der Waals surface area contributed by atoms with Crippen molar-refractivity contribution < 1.29 is 9.59 Å². The maximum absolute atomic E-state index is 12.9. The van der Waals surface area contributed by atoms with Gasteiger partial charge in [0, 0.05) is 41.6 Å². The van der Waals surface area contributed by atoms with Gasteiger partial charge in [0.1, 0.15) is 0 Å². The average molecular weight is 404 g/mol. The van der Waals surface area contributed by atoms with Crippen molar-refractivity contribution in [3.63, 3.8) is 0 Å². The Bertz CT molecular complexity index is 827. The summed E-state index contributed by atoms with van der Waals surface area (Å²) >= 11 is 6.33. The molecule has 1 unspecified atom stereocenters. The van der Waals surface area contributed by atoms with Crippen LogP contribution in [0.4, 0.5) is 5.69 Å². The Labute approximate surface area is 172 Å². The summed E-state index contributed by atoms with van der Waals surface area (Å²) in [7, 11) is 0. The van der Waals surface area contributed by atoms with Gasteiger partial charge >= 0.3 is 0 Å². The van der Waals surface area contributed by atoms with Crippen LogP contribution < -0.4 is 10.2 Å². The van der Waals surface area contributed by atoms with Crippen LogP contribution in [0.5, 0.6) is 0 Å². The summed E-state index contributed by atoms with van der Waals surface area (Å²) in [5.41, 5.74) is 4.01. The van der Waals surface area contributed by atoms with E-state index in [1.165, 1.54) is 0 Å². The molecule has 2 amide bonds. The van der Waals surface area contributed by atoms with Gasteiger partial charge in [-0.05, 0) is 57.4 Å². The SMILES string of the molecule is CCN(CC(C)C)c1cc(Cl)cc(C(=O)NCC2C(=O)N=C(C)C=C2C)c1C. The van der Waals surface area contributed by atoms with E-state index in [0.29, 0.717) is 22.2 Å². The van der Waals surface area contributed by atoms with Crippen molar-refractivity contribution in [2.75, 3.05) is 24.5 Å². The molecule has 0 radical (unpaired) electrons. The molecule has 1 aromatic carbocycles. The number of hydrogen-bond acceptors (Lipinski definition) is 3. The van der Waals surface area contributed by atoms with E-state index in [0.717, 1.165) is 29.9 Å². The highest BCUT2D eigenvalue weighted by Gasteiger charge is 2.25. The Morgan fingerprint density at radius 1 is 1.29 bits per heavy atom. The van der Waals surface area contributed by atoms with Crippen molar-refractivity contribution in [2.45, 2.75) is 41.5 Å². The first kappa shape index (κ1) is 22.2. The van der Waals surface area contributed by atoms with Gasteiger partial charge in [-0.25, -0.2) is 4.99 Å². The number of carbonyl (C=O) groups excluding carboxylic acids is 2. The number of allylic oxidation sites excluding steroid dienone is 1. The van der Waals surface area contributed by atoms with Crippen LogP contribution in [0.2, 0.25) is 5.02 Å². The molecule has 0 fully saturated rings. The standard InChI is InChI=1S/C22H30ClN3O2/c1-7-26(12-13(2)3)20-10-17(23)9-18(16(20)6)21(27)24-11-19-14(4)8-15(5)25-22(19)28/h8-10,13,19H,7,11-12H2,1-6H3,(H,24,27). The minimum Gasteiger partial charge on any atom is -0.371 e. The lowest BCUT2D eigenvalue weighted by molar-refractivity contribution is -0.120. The van der Waals surface area contributed by atoms with E-state index in [-0.39, 0.29) is 18.4 Å². The molecular formula is C22H30ClN3O2. The van der Waals surface area contributed by atoms with E-state index in [1.54, 1.807) is 13.0 Å². The van der Waals surface area contributed by atoms with Crippen LogP contribution in [0.3, 0.4) is 0 Å². The number of anilines is 1. The fourth-order valence-electron chi connectivity index (χ4n) is 3.51. The van der Waals surface area contributed by atoms with Gasteiger partial charge < -0.3 is 10.2 Å². The first-order valence-electron chi connectivity index (χ1n) is 9.74. The maximum Gasteiger partial charge on any atom is 0.254 e. The molecule has 0 saturated carbocycles. The zero-order valence-corrected chi connectivity index (χ0v) is 18.4. The number of nitrogens with zero attached hydrogens (tertiary/aromatic N) is 2. The summed E-state index contributed by atoms with van der Waals surface area (Å²) < 4.78 is 0. The van der Waals surface area contributed by atoms with E-state index in [4.69, 9.17) is 11.6 Å². The van der Waals surface area contributed by atoms with Crippen molar-refractivity contribution in [1.29, 1.82) is 0 Å². The molecule has 1 N–H and O–H groups in total. The zero-order valence-electron chi connectivity index (χ0n) is 17.6. The second-order valence-corrected chi connectivity index (χ2v) is 8.21. The summed E-state index contributed by atoms with van der Waals surface area (Å²) in [5, 5.41) is 3.42. The van der Waals surface area contributed by atoms with Gasteiger partial charge in [0.15, 0.2) is 0 Å². The molecule has 0 spiro atoms. The molecule has 2 rings (SSSR count). The number of nitrogens with one attached hydrogen (secondary N) is 1. The summed E-state index contributed by atoms with van der Waals surface area (Å²) in [6.45, 7) is 14.0. The molecule has 1 heterocycles. The summed E-state index contributed by atoms with van der Waals surface area (Å²) in [6.07, 6.45) is 1.88. The molecule has 0 aromatic heterocycles. The second kappa shape index (κ2) is 9.37. The Balaban J connectivity index is 2.22. The number of amides is 2. The summed E-state index contributed by atoms with van der Waals surface area (Å²) in [6, 6.07) is 3.60. The topological polar surface area (TPSA) is 61.8 Å². The highest BCUT2D eigenvalue weighted by Crippen LogP contribution is 2.29. The van der Waals surface area contributed by atoms with E-state index < -0.39 is 5.92 Å². The smallest absolute Gasteiger partial charge is 0.254 e. The van der Waals surface area contributed by atoms with Crippen molar-refractivity contribution in [1.82, 2.24) is 5.32 Å². The van der Waals surface area contributed by atoms with E-state index in [2.05, 4.69) is 36.0 Å². The number of dihydropyridines is 1. The molecule has 1 aliphatic heterocycles.